The molecule has 2 aliphatic rings. The number of amides is 1. The molecule has 0 saturated heterocycles. The Labute approximate surface area is 130 Å². The van der Waals surface area contributed by atoms with Crippen LogP contribution in [-0.4, -0.2) is 10.9 Å². The summed E-state index contributed by atoms with van der Waals surface area (Å²) in [5, 5.41) is 3.11. The van der Waals surface area contributed by atoms with Crippen LogP contribution in [0.25, 0.3) is 11.3 Å². The largest absolute Gasteiger partial charge is 0.326 e. The third-order valence-corrected chi connectivity index (χ3v) is 5.32. The van der Waals surface area contributed by atoms with Crippen LogP contribution in [0.5, 0.6) is 0 Å². The number of carbonyl (C=O) groups excluding carboxylic acids is 1. The van der Waals surface area contributed by atoms with Crippen LogP contribution in [0.1, 0.15) is 31.2 Å². The second-order valence-electron chi connectivity index (χ2n) is 6.69. The van der Waals surface area contributed by atoms with Gasteiger partial charge >= 0.3 is 0 Å². The van der Waals surface area contributed by atoms with E-state index < -0.39 is 0 Å². The number of rotatable bonds is 3. The Bertz CT molecular complexity index is 719. The van der Waals surface area contributed by atoms with Crippen molar-refractivity contribution in [1.82, 2.24) is 4.98 Å². The first-order valence-corrected chi connectivity index (χ1v) is 8.01. The van der Waals surface area contributed by atoms with E-state index in [-0.39, 0.29) is 11.8 Å². The molecule has 2 fully saturated rings. The summed E-state index contributed by atoms with van der Waals surface area (Å²) >= 11 is 0. The number of carbonyl (C=O) groups is 1. The summed E-state index contributed by atoms with van der Waals surface area (Å²) in [6.07, 6.45) is 6.55. The van der Waals surface area contributed by atoms with Gasteiger partial charge in [0.2, 0.25) is 5.91 Å². The molecule has 0 unspecified atom stereocenters. The molecule has 1 aromatic carbocycles. The van der Waals surface area contributed by atoms with Gasteiger partial charge in [-0.2, -0.15) is 0 Å². The topological polar surface area (TPSA) is 42.0 Å². The highest BCUT2D eigenvalue weighted by molar-refractivity contribution is 5.94. The number of benzene rings is 1. The maximum absolute atomic E-state index is 12.5. The second-order valence-corrected chi connectivity index (χ2v) is 6.69. The van der Waals surface area contributed by atoms with Gasteiger partial charge in [-0.3, -0.25) is 9.78 Å². The van der Waals surface area contributed by atoms with E-state index in [1.807, 2.05) is 36.4 Å². The minimum absolute atomic E-state index is 0.194. The standard InChI is InChI=1S/C19H20N2O/c1-13-5-6-14(12-15(13)17-4-2-3-11-20-17)21-18(22)16-7-8-19(16)9-10-19/h2-6,11-12,16H,7-10H2,1H3,(H,21,22)/t16-/m0/s1. The lowest BCUT2D eigenvalue weighted by Crippen LogP contribution is -2.38. The maximum Gasteiger partial charge on any atom is 0.228 e. The number of nitrogens with zero attached hydrogens (tertiary/aromatic N) is 1. The highest BCUT2D eigenvalue weighted by Gasteiger charge is 2.58. The smallest absolute Gasteiger partial charge is 0.228 e. The summed E-state index contributed by atoms with van der Waals surface area (Å²) in [6, 6.07) is 12.0. The molecule has 3 heteroatoms. The van der Waals surface area contributed by atoms with Gasteiger partial charge in [0.1, 0.15) is 0 Å². The van der Waals surface area contributed by atoms with Gasteiger partial charge in [0.05, 0.1) is 5.69 Å². The SMILES string of the molecule is Cc1ccc(NC(=O)[C@@H]2CCC23CC3)cc1-c1ccccn1. The van der Waals surface area contributed by atoms with Gasteiger partial charge in [-0.05, 0) is 67.9 Å². The van der Waals surface area contributed by atoms with E-state index in [4.69, 9.17) is 0 Å². The van der Waals surface area contributed by atoms with Gasteiger partial charge in [-0.25, -0.2) is 0 Å². The minimum atomic E-state index is 0.194. The zero-order valence-electron chi connectivity index (χ0n) is 12.8. The molecule has 0 radical (unpaired) electrons. The Hall–Kier alpha value is -2.16. The van der Waals surface area contributed by atoms with Crippen LogP contribution >= 0.6 is 0 Å². The van der Waals surface area contributed by atoms with Crippen molar-refractivity contribution in [3.8, 4) is 11.3 Å². The molecule has 0 aliphatic heterocycles. The molecule has 1 spiro atoms. The number of anilines is 1. The lowest BCUT2D eigenvalue weighted by molar-refractivity contribution is -0.125. The van der Waals surface area contributed by atoms with Crippen LogP contribution in [0, 0.1) is 18.3 Å². The molecule has 2 aliphatic carbocycles. The lowest BCUT2D eigenvalue weighted by atomic mass is 9.70. The Balaban J connectivity index is 1.57. The van der Waals surface area contributed by atoms with Crippen molar-refractivity contribution in [3.63, 3.8) is 0 Å². The minimum Gasteiger partial charge on any atom is -0.326 e. The summed E-state index contributed by atoms with van der Waals surface area (Å²) in [6.45, 7) is 2.07. The van der Waals surface area contributed by atoms with E-state index in [1.165, 1.54) is 24.8 Å². The molecule has 1 amide bonds. The third-order valence-electron chi connectivity index (χ3n) is 5.32. The van der Waals surface area contributed by atoms with E-state index in [0.717, 1.165) is 23.4 Å². The van der Waals surface area contributed by atoms with Crippen LogP contribution in [0.15, 0.2) is 42.6 Å². The van der Waals surface area contributed by atoms with E-state index >= 15 is 0 Å². The number of pyridine rings is 1. The summed E-state index contributed by atoms with van der Waals surface area (Å²) in [5.41, 5.74) is 4.43. The van der Waals surface area contributed by atoms with Crippen molar-refractivity contribution in [3.05, 3.63) is 48.2 Å². The van der Waals surface area contributed by atoms with Gasteiger partial charge < -0.3 is 5.32 Å². The first-order valence-electron chi connectivity index (χ1n) is 8.01. The molecule has 1 aromatic heterocycles. The fraction of sp³-hybridized carbons (Fsp3) is 0.368. The molecule has 112 valence electrons. The Kier molecular flexibility index (Phi) is 3.03. The Morgan fingerprint density at radius 2 is 2.09 bits per heavy atom. The van der Waals surface area contributed by atoms with Crippen LogP contribution in [-0.2, 0) is 4.79 Å². The van der Waals surface area contributed by atoms with Gasteiger partial charge in [-0.15, -0.1) is 0 Å². The van der Waals surface area contributed by atoms with Crippen molar-refractivity contribution in [1.29, 1.82) is 0 Å². The molecule has 0 bridgehead atoms. The normalized spacial score (nSPS) is 21.2. The Morgan fingerprint density at radius 1 is 1.23 bits per heavy atom. The van der Waals surface area contributed by atoms with E-state index in [9.17, 15) is 4.79 Å². The molecule has 1 heterocycles. The van der Waals surface area contributed by atoms with Crippen LogP contribution < -0.4 is 5.32 Å². The molecule has 4 rings (SSSR count). The fourth-order valence-electron chi connectivity index (χ4n) is 3.59. The first kappa shape index (κ1) is 13.5. The van der Waals surface area contributed by atoms with Crippen LogP contribution in [0.2, 0.25) is 0 Å². The van der Waals surface area contributed by atoms with Crippen molar-refractivity contribution in [2.24, 2.45) is 11.3 Å². The van der Waals surface area contributed by atoms with Crippen molar-refractivity contribution >= 4 is 11.6 Å². The summed E-state index contributed by atoms with van der Waals surface area (Å²) < 4.78 is 0. The predicted molar refractivity (Wildman–Crippen MR) is 87.4 cm³/mol. The summed E-state index contributed by atoms with van der Waals surface area (Å²) in [7, 11) is 0. The van der Waals surface area contributed by atoms with Crippen LogP contribution in [0.3, 0.4) is 0 Å². The quantitative estimate of drug-likeness (QED) is 0.921. The Morgan fingerprint density at radius 3 is 2.73 bits per heavy atom. The number of hydrogen-bond donors (Lipinski definition) is 1. The third kappa shape index (κ3) is 2.21. The maximum atomic E-state index is 12.5. The number of aromatic nitrogens is 1. The molecule has 3 nitrogen and oxygen atoms in total. The monoisotopic (exact) mass is 292 g/mol. The van der Waals surface area contributed by atoms with Crippen molar-refractivity contribution < 1.29 is 4.79 Å². The van der Waals surface area contributed by atoms with Crippen molar-refractivity contribution in [2.75, 3.05) is 5.32 Å². The van der Waals surface area contributed by atoms with Gasteiger partial charge in [0, 0.05) is 23.4 Å². The molecule has 1 atom stereocenters. The fourth-order valence-corrected chi connectivity index (χ4v) is 3.59. The van der Waals surface area contributed by atoms with Gasteiger partial charge in [0.25, 0.3) is 0 Å². The second kappa shape index (κ2) is 4.94. The van der Waals surface area contributed by atoms with Crippen LogP contribution in [0.4, 0.5) is 5.69 Å². The number of aryl methyl sites for hydroxylation is 1. The van der Waals surface area contributed by atoms with E-state index in [1.54, 1.807) is 6.20 Å². The van der Waals surface area contributed by atoms with Crippen molar-refractivity contribution in [2.45, 2.75) is 32.6 Å². The summed E-state index contributed by atoms with van der Waals surface area (Å²) in [5.74, 6) is 0.423. The highest BCUT2D eigenvalue weighted by atomic mass is 16.2. The molecule has 2 saturated carbocycles. The lowest BCUT2D eigenvalue weighted by Gasteiger charge is -2.35. The molecule has 22 heavy (non-hydrogen) atoms. The molecule has 2 aromatic rings. The zero-order chi connectivity index (χ0) is 15.2. The first-order chi connectivity index (χ1) is 10.7. The molecular formula is C19H20N2O. The predicted octanol–water partition coefficient (Wildman–Crippen LogP) is 4.19. The average Bonchev–Trinajstić information content (AvgIpc) is 3.32. The highest BCUT2D eigenvalue weighted by Crippen LogP contribution is 2.64. The molecular weight excluding hydrogens is 272 g/mol. The summed E-state index contributed by atoms with van der Waals surface area (Å²) in [4.78, 5) is 16.9. The zero-order valence-corrected chi connectivity index (χ0v) is 12.8. The molecule has 1 N–H and O–H groups in total. The average molecular weight is 292 g/mol. The van der Waals surface area contributed by atoms with Gasteiger partial charge in [0.15, 0.2) is 0 Å². The number of hydrogen-bond acceptors (Lipinski definition) is 2. The van der Waals surface area contributed by atoms with Gasteiger partial charge in [-0.1, -0.05) is 12.1 Å². The number of nitrogens with one attached hydrogen (secondary N) is 1. The van der Waals surface area contributed by atoms with E-state index in [0.29, 0.717) is 5.41 Å². The van der Waals surface area contributed by atoms with E-state index in [2.05, 4.69) is 17.2 Å².